The number of para-hydroxylation sites is 1. The number of ether oxygens (including phenoxy) is 1. The summed E-state index contributed by atoms with van der Waals surface area (Å²) in [5.74, 6) is 1.26. The van der Waals surface area contributed by atoms with Crippen LogP contribution in [0.4, 0.5) is 0 Å². The molecule has 128 valence electrons. The second-order valence-electron chi connectivity index (χ2n) is 5.55. The Morgan fingerprint density at radius 1 is 1.12 bits per heavy atom. The monoisotopic (exact) mass is 361 g/mol. The van der Waals surface area contributed by atoms with Crippen LogP contribution in [-0.4, -0.2) is 21.2 Å². The van der Waals surface area contributed by atoms with Crippen molar-refractivity contribution in [3.8, 4) is 17.1 Å². The summed E-state index contributed by atoms with van der Waals surface area (Å²) >= 11 is 1.31. The minimum atomic E-state index is -0.182. The fraction of sp³-hybridized carbons (Fsp3) is 0.0500. The fourth-order valence-electron chi connectivity index (χ4n) is 2.56. The molecule has 0 aliphatic rings. The summed E-state index contributed by atoms with van der Waals surface area (Å²) in [5.41, 5.74) is 1.54. The number of hydrogen-bond acceptors (Lipinski definition) is 5. The van der Waals surface area contributed by atoms with E-state index in [1.54, 1.807) is 6.08 Å². The van der Waals surface area contributed by atoms with E-state index >= 15 is 0 Å². The molecule has 6 heteroatoms. The van der Waals surface area contributed by atoms with Crippen molar-refractivity contribution < 1.29 is 4.74 Å². The topological polar surface area (TPSA) is 56.5 Å². The van der Waals surface area contributed by atoms with Crippen molar-refractivity contribution in [1.82, 2.24) is 14.6 Å². The second-order valence-corrected chi connectivity index (χ2v) is 6.56. The van der Waals surface area contributed by atoms with Crippen LogP contribution in [0, 0.1) is 0 Å². The van der Waals surface area contributed by atoms with E-state index in [9.17, 15) is 4.79 Å². The Kier molecular flexibility index (Phi) is 4.33. The quantitative estimate of drug-likeness (QED) is 0.513. The lowest BCUT2D eigenvalue weighted by molar-refractivity contribution is 0.362. The first-order valence-electron chi connectivity index (χ1n) is 8.06. The molecule has 0 saturated heterocycles. The highest BCUT2D eigenvalue weighted by atomic mass is 32.1. The van der Waals surface area contributed by atoms with Gasteiger partial charge in [0.05, 0.1) is 4.53 Å². The van der Waals surface area contributed by atoms with Crippen LogP contribution in [0.2, 0.25) is 0 Å². The summed E-state index contributed by atoms with van der Waals surface area (Å²) in [4.78, 5) is 17.7. The maximum absolute atomic E-state index is 12.7. The van der Waals surface area contributed by atoms with E-state index in [1.165, 1.54) is 15.9 Å². The van der Waals surface area contributed by atoms with Gasteiger partial charge in [0.15, 0.2) is 5.82 Å². The average molecular weight is 361 g/mol. The molecule has 2 aromatic carbocycles. The highest BCUT2D eigenvalue weighted by Crippen LogP contribution is 2.19. The molecule has 0 N–H and O–H groups in total. The van der Waals surface area contributed by atoms with E-state index < -0.39 is 0 Å². The number of rotatable bonds is 5. The third-order valence-corrected chi connectivity index (χ3v) is 4.74. The van der Waals surface area contributed by atoms with Crippen molar-refractivity contribution in [3.63, 3.8) is 0 Å². The number of nitrogens with zero attached hydrogens (tertiary/aromatic N) is 3. The number of fused-ring (bicyclic) bond motifs is 1. The minimum absolute atomic E-state index is 0.182. The van der Waals surface area contributed by atoms with Crippen LogP contribution in [0.25, 0.3) is 22.4 Å². The van der Waals surface area contributed by atoms with Crippen LogP contribution in [0.5, 0.6) is 5.75 Å². The summed E-state index contributed by atoms with van der Waals surface area (Å²) < 4.78 is 7.56. The van der Waals surface area contributed by atoms with Gasteiger partial charge in [0.1, 0.15) is 12.4 Å². The number of benzene rings is 2. The molecule has 0 aliphatic heterocycles. The van der Waals surface area contributed by atoms with Gasteiger partial charge in [-0.3, -0.25) is 4.79 Å². The molecule has 0 bridgehead atoms. The molecule has 5 nitrogen and oxygen atoms in total. The molecule has 0 spiro atoms. The summed E-state index contributed by atoms with van der Waals surface area (Å²) in [6.45, 7) is 4.06. The van der Waals surface area contributed by atoms with Crippen LogP contribution in [-0.2, 0) is 0 Å². The maximum Gasteiger partial charge on any atom is 0.291 e. The lowest BCUT2D eigenvalue weighted by atomic mass is 10.2. The Hall–Kier alpha value is -3.25. The third-order valence-electron chi connectivity index (χ3n) is 3.78. The van der Waals surface area contributed by atoms with Crippen LogP contribution < -0.4 is 14.8 Å². The number of hydrogen-bond donors (Lipinski definition) is 0. The molecule has 0 unspecified atom stereocenters. The van der Waals surface area contributed by atoms with Gasteiger partial charge in [0.25, 0.3) is 5.56 Å². The van der Waals surface area contributed by atoms with Crippen molar-refractivity contribution in [2.24, 2.45) is 0 Å². The highest BCUT2D eigenvalue weighted by Gasteiger charge is 2.12. The van der Waals surface area contributed by atoms with Gasteiger partial charge in [-0.1, -0.05) is 72.5 Å². The van der Waals surface area contributed by atoms with Gasteiger partial charge in [-0.25, -0.2) is 0 Å². The van der Waals surface area contributed by atoms with Crippen molar-refractivity contribution in [3.05, 3.63) is 87.7 Å². The first kappa shape index (κ1) is 16.2. The Labute approximate surface area is 153 Å². The fourth-order valence-corrected chi connectivity index (χ4v) is 3.46. The molecular formula is C20H15N3O2S. The van der Waals surface area contributed by atoms with E-state index in [0.717, 1.165) is 11.1 Å². The molecule has 4 rings (SSSR count). The molecule has 0 fully saturated rings. The maximum atomic E-state index is 12.7. The molecular weight excluding hydrogens is 346 g/mol. The zero-order valence-corrected chi connectivity index (χ0v) is 14.6. The van der Waals surface area contributed by atoms with Crippen LogP contribution in [0.15, 0.2) is 72.0 Å². The molecule has 26 heavy (non-hydrogen) atoms. The van der Waals surface area contributed by atoms with Gasteiger partial charge < -0.3 is 4.74 Å². The number of aromatic nitrogens is 3. The minimum Gasteiger partial charge on any atom is -0.489 e. The molecule has 2 heterocycles. The van der Waals surface area contributed by atoms with Gasteiger partial charge in [-0.2, -0.15) is 9.50 Å². The third kappa shape index (κ3) is 3.02. The molecule has 2 aromatic heterocycles. The molecule has 4 aromatic rings. The van der Waals surface area contributed by atoms with Crippen molar-refractivity contribution in [2.75, 3.05) is 6.61 Å². The number of thiazole rings is 1. The Balaban J connectivity index is 1.78. The van der Waals surface area contributed by atoms with E-state index in [-0.39, 0.29) is 5.56 Å². The standard InChI is InChI=1S/C20H15N3O2S/c1-2-12-25-16-11-7-6-10-15(16)13-17-19(24)23-20(26-17)21-18(22-23)14-8-4-3-5-9-14/h2-11,13H,1,12H2/b17-13+. The normalized spacial score (nSPS) is 11.8. The van der Waals surface area contributed by atoms with E-state index in [0.29, 0.717) is 27.7 Å². The van der Waals surface area contributed by atoms with E-state index in [1.807, 2.05) is 60.7 Å². The van der Waals surface area contributed by atoms with E-state index in [4.69, 9.17) is 4.74 Å². The average Bonchev–Trinajstić information content (AvgIpc) is 3.22. The van der Waals surface area contributed by atoms with Gasteiger partial charge in [-0.05, 0) is 12.1 Å². The zero-order valence-electron chi connectivity index (χ0n) is 13.8. The first-order valence-corrected chi connectivity index (χ1v) is 8.87. The Bertz CT molecular complexity index is 1180. The summed E-state index contributed by atoms with van der Waals surface area (Å²) in [6.07, 6.45) is 3.49. The summed E-state index contributed by atoms with van der Waals surface area (Å²) in [5, 5.41) is 4.36. The van der Waals surface area contributed by atoms with Crippen LogP contribution >= 0.6 is 11.3 Å². The van der Waals surface area contributed by atoms with E-state index in [2.05, 4.69) is 16.7 Å². The Morgan fingerprint density at radius 3 is 2.65 bits per heavy atom. The predicted octanol–water partition coefficient (Wildman–Crippen LogP) is 2.93. The van der Waals surface area contributed by atoms with Crippen molar-refractivity contribution in [1.29, 1.82) is 0 Å². The van der Waals surface area contributed by atoms with Crippen LogP contribution in [0.3, 0.4) is 0 Å². The smallest absolute Gasteiger partial charge is 0.291 e. The van der Waals surface area contributed by atoms with Crippen molar-refractivity contribution in [2.45, 2.75) is 0 Å². The lowest BCUT2D eigenvalue weighted by Crippen LogP contribution is -2.23. The second kappa shape index (κ2) is 6.93. The molecule has 0 aliphatic carbocycles. The van der Waals surface area contributed by atoms with Gasteiger partial charge >= 0.3 is 0 Å². The molecule has 0 radical (unpaired) electrons. The SMILES string of the molecule is C=CCOc1ccccc1/C=c1/sc2nc(-c3ccccc3)nn2c1=O. The molecule has 0 amide bonds. The summed E-state index contributed by atoms with van der Waals surface area (Å²) in [7, 11) is 0. The summed E-state index contributed by atoms with van der Waals surface area (Å²) in [6, 6.07) is 17.2. The van der Waals surface area contributed by atoms with Crippen molar-refractivity contribution >= 4 is 22.4 Å². The Morgan fingerprint density at radius 2 is 1.88 bits per heavy atom. The highest BCUT2D eigenvalue weighted by molar-refractivity contribution is 7.15. The van der Waals surface area contributed by atoms with Gasteiger partial charge in [-0.15, -0.1) is 5.10 Å². The van der Waals surface area contributed by atoms with Gasteiger partial charge in [0.2, 0.25) is 4.96 Å². The van der Waals surface area contributed by atoms with Crippen LogP contribution in [0.1, 0.15) is 5.56 Å². The van der Waals surface area contributed by atoms with Gasteiger partial charge in [0, 0.05) is 11.1 Å². The molecule has 0 saturated carbocycles. The molecule has 0 atom stereocenters. The zero-order chi connectivity index (χ0) is 17.9. The predicted molar refractivity (Wildman–Crippen MR) is 103 cm³/mol. The largest absolute Gasteiger partial charge is 0.489 e. The first-order chi connectivity index (χ1) is 12.8. The lowest BCUT2D eigenvalue weighted by Gasteiger charge is -2.05.